The number of imidazole rings is 2. The molecule has 0 bridgehead atoms. The van der Waals surface area contributed by atoms with Gasteiger partial charge in [-0.15, -0.1) is 0 Å². The predicted molar refractivity (Wildman–Crippen MR) is 240 cm³/mol. The zero-order chi connectivity index (χ0) is 47.0. The molecule has 0 aliphatic carbocycles. The van der Waals surface area contributed by atoms with Crippen LogP contribution in [0.4, 0.5) is 26.3 Å². The van der Waals surface area contributed by atoms with Crippen molar-refractivity contribution in [2.75, 3.05) is 38.1 Å². The molecule has 4 aromatic heterocycles. The summed E-state index contributed by atoms with van der Waals surface area (Å²) < 4.78 is 106. The van der Waals surface area contributed by atoms with Gasteiger partial charge in [0.05, 0.1) is 42.4 Å². The molecule has 340 valence electrons. The third kappa shape index (κ3) is 10.4. The van der Waals surface area contributed by atoms with Gasteiger partial charge in [-0.05, 0) is 153 Å². The summed E-state index contributed by atoms with van der Waals surface area (Å²) in [5.41, 5.74) is 6.60. The van der Waals surface area contributed by atoms with Crippen molar-refractivity contribution in [3.63, 3.8) is 0 Å². The monoisotopic (exact) mass is 1020 g/mol. The number of halogens is 7. The number of aryl methyl sites for hydroxylation is 4. The minimum Gasteiger partial charge on any atom is -1.00 e. The smallest absolute Gasteiger partial charge is 1.00 e. The number of methoxy groups -OCH3 is 1. The van der Waals surface area contributed by atoms with Crippen LogP contribution in [0.1, 0.15) is 102 Å². The number of likely N-dealkylation sites (tertiary alicyclic amines) is 2. The molecule has 10 rings (SSSR count). The van der Waals surface area contributed by atoms with Crippen LogP contribution in [0.15, 0.2) is 60.9 Å². The number of pyridine rings is 2. The molecule has 64 heavy (non-hydrogen) atoms. The minimum atomic E-state index is -4.44. The Labute approximate surface area is 411 Å². The van der Waals surface area contributed by atoms with Crippen LogP contribution < -0.4 is 34.3 Å². The van der Waals surface area contributed by atoms with E-state index in [0.29, 0.717) is 11.3 Å². The van der Waals surface area contributed by atoms with Gasteiger partial charge in [0.25, 0.3) is 0 Å². The van der Waals surface area contributed by atoms with Gasteiger partial charge in [0.1, 0.15) is 23.1 Å². The van der Waals surface area contributed by atoms with Crippen molar-refractivity contribution in [2.45, 2.75) is 102 Å². The minimum absolute atomic E-state index is 0. The van der Waals surface area contributed by atoms with Gasteiger partial charge < -0.3 is 20.4 Å². The molecule has 0 saturated carbocycles. The van der Waals surface area contributed by atoms with E-state index >= 15 is 0 Å². The zero-order valence-corrected chi connectivity index (χ0v) is 40.0. The van der Waals surface area contributed by atoms with E-state index < -0.39 is 28.3 Å². The fourth-order valence-corrected chi connectivity index (χ4v) is 9.81. The third-order valence-electron chi connectivity index (χ3n) is 13.0. The molecule has 0 amide bonds. The molecule has 0 atom stereocenters. The van der Waals surface area contributed by atoms with Crippen LogP contribution in [0, 0.1) is 0 Å². The van der Waals surface area contributed by atoms with Crippen LogP contribution in [0.5, 0.6) is 11.5 Å². The first-order valence-electron chi connectivity index (χ1n) is 22.8. The normalized spacial score (nSPS) is 18.2. The van der Waals surface area contributed by atoms with Gasteiger partial charge in [-0.25, -0.2) is 19.9 Å². The zero-order valence-electron chi connectivity index (χ0n) is 39.8. The molecular formula is C46H54F6IN8NaO2. The Kier molecular flexibility index (Phi) is 14.3. The first-order valence-corrected chi connectivity index (χ1v) is 22.4. The first-order chi connectivity index (χ1) is 31.3. The molecule has 8 heterocycles. The van der Waals surface area contributed by atoms with E-state index in [1.54, 1.807) is 6.07 Å². The van der Waals surface area contributed by atoms with Crippen molar-refractivity contribution < 1.29 is 72.7 Å². The Balaban J connectivity index is 0.000000226. The van der Waals surface area contributed by atoms with Gasteiger partial charge >= 0.3 is 41.9 Å². The standard InChI is InChI=1S/C23H25F3N4O.C22H23F3N4O.CH3I.Na.H2.H/c1-31-19-13-17(23(24,25)26)4-5-18(19)15-7-11-29(12-8-15)14-20-28-22-21-16(6-9-27-22)3-2-10-30(20)21;23-22(24,25)16-3-4-17(18(30)12-16)14-6-10-28(11-7-14)13-19-27-21-20-15(5-8-26-21)2-1-9-29(19)20;1-2;;;/h4-6,9,13,15H,2-3,7-8,10-12,14H2,1H3;3-5,8,12,14,30H,1-2,6-7,9-11,13H2;1H3;;1H;/q;;;+1;;-1/i;;1T3;;;. The number of rotatable bonds is 7. The average molecular weight is 1020 g/mol. The second kappa shape index (κ2) is 20.6. The summed E-state index contributed by atoms with van der Waals surface area (Å²) in [6.07, 6.45) is 2.56. The van der Waals surface area contributed by atoms with Gasteiger partial charge in [-0.1, -0.05) is 34.7 Å². The van der Waals surface area contributed by atoms with E-state index in [4.69, 9.17) is 18.8 Å². The van der Waals surface area contributed by atoms with E-state index in [2.05, 4.69) is 41.0 Å². The summed E-state index contributed by atoms with van der Waals surface area (Å²) in [7, 11) is 1.44. The van der Waals surface area contributed by atoms with E-state index in [0.717, 1.165) is 162 Å². The maximum atomic E-state index is 13.0. The van der Waals surface area contributed by atoms with Crippen LogP contribution in [-0.2, 0) is 51.4 Å². The quantitative estimate of drug-likeness (QED) is 0.0754. The van der Waals surface area contributed by atoms with Crippen LogP contribution in [0.2, 0.25) is 0 Å². The Morgan fingerprint density at radius 2 is 1.16 bits per heavy atom. The molecule has 4 aliphatic rings. The molecule has 2 saturated heterocycles. The Morgan fingerprint density at radius 1 is 0.719 bits per heavy atom. The molecular weight excluding hydrogens is 960 g/mol. The average Bonchev–Trinajstić information content (AvgIpc) is 3.82. The van der Waals surface area contributed by atoms with E-state index in [9.17, 15) is 31.4 Å². The number of benzene rings is 2. The van der Waals surface area contributed by atoms with Gasteiger partial charge in [0.15, 0.2) is 11.3 Å². The number of phenols is 1. The SMILES string of the molecule is COc1cc(C(F)(F)F)ccc1C1CCN(Cc2nc3nccc4c3n2CCC4)CC1.Oc1cc(C(F)(F)F)ccc1C1CCN(Cc2nc3nccc4c3n2CCC4)CC1.[3H]C([3H])([3H])I.[H-].[HH].[Na+]. The fraction of sp³-hybridized carbons (Fsp3) is 0.478. The van der Waals surface area contributed by atoms with Crippen molar-refractivity contribution in [1.29, 1.82) is 0 Å². The van der Waals surface area contributed by atoms with Crippen LogP contribution in [0.3, 0.4) is 0 Å². The number of phenolic OH excluding ortho intramolecular Hbond substituents is 1. The van der Waals surface area contributed by atoms with Crippen molar-refractivity contribution in [3.05, 3.63) is 106 Å². The molecule has 0 radical (unpaired) electrons. The number of piperidine rings is 2. The maximum absolute atomic E-state index is 13.0. The molecule has 4 aliphatic heterocycles. The van der Waals surface area contributed by atoms with Crippen molar-refractivity contribution in [2.24, 2.45) is 0 Å². The fourth-order valence-electron chi connectivity index (χ4n) is 9.81. The van der Waals surface area contributed by atoms with E-state index in [1.165, 1.54) is 52.4 Å². The first kappa shape index (κ1) is 44.4. The third-order valence-corrected chi connectivity index (χ3v) is 13.0. The molecule has 0 unspecified atom stereocenters. The number of nitrogens with zero attached hydrogens (tertiary/aromatic N) is 8. The van der Waals surface area contributed by atoms with Gasteiger partial charge in [-0.2, -0.15) is 26.3 Å². The molecule has 2 fully saturated rings. The largest absolute Gasteiger partial charge is 1.00 e. The molecule has 1 N–H and O–H groups in total. The van der Waals surface area contributed by atoms with Crippen LogP contribution in [0.25, 0.3) is 22.3 Å². The number of alkyl halides is 7. The van der Waals surface area contributed by atoms with Gasteiger partial charge in [-0.3, -0.25) is 9.80 Å². The van der Waals surface area contributed by atoms with Crippen molar-refractivity contribution in [3.8, 4) is 11.5 Å². The van der Waals surface area contributed by atoms with Crippen LogP contribution >= 0.6 is 22.6 Å². The van der Waals surface area contributed by atoms with E-state index in [-0.39, 0.29) is 50.0 Å². The topological polar surface area (TPSA) is 97.4 Å². The number of aromatic nitrogens is 6. The number of hydrogen-bond acceptors (Lipinski definition) is 8. The maximum Gasteiger partial charge on any atom is 1.00 e. The number of ether oxygens (including phenoxy) is 1. The predicted octanol–water partition coefficient (Wildman–Crippen LogP) is 7.68. The van der Waals surface area contributed by atoms with E-state index in [1.807, 2.05) is 12.4 Å². The number of hydrogen-bond donors (Lipinski definition) is 1. The van der Waals surface area contributed by atoms with Gasteiger partial charge in [0.2, 0.25) is 0 Å². The molecule has 2 aromatic carbocycles. The van der Waals surface area contributed by atoms with Crippen molar-refractivity contribution in [1.82, 2.24) is 38.9 Å². The summed E-state index contributed by atoms with van der Waals surface area (Å²) >= 11 is 1.38. The van der Waals surface area contributed by atoms with Crippen LogP contribution in [-0.4, -0.2) is 82.1 Å². The Hall–Kier alpha value is -3.49. The molecule has 18 heteroatoms. The Morgan fingerprint density at radius 3 is 1.59 bits per heavy atom. The summed E-state index contributed by atoms with van der Waals surface area (Å²) in [4.78, 5) is 21.4. The Bertz CT molecular complexity index is 2670. The summed E-state index contributed by atoms with van der Waals surface area (Å²) in [5.74, 6) is 2.41. The second-order valence-corrected chi connectivity index (χ2v) is 16.7. The summed E-state index contributed by atoms with van der Waals surface area (Å²) in [6.45, 7) is 6.82. The molecule has 10 nitrogen and oxygen atoms in total. The van der Waals surface area contributed by atoms with Gasteiger partial charge in [0, 0.05) is 31.0 Å². The summed E-state index contributed by atoms with van der Waals surface area (Å²) in [6, 6.07) is 11.4. The number of aromatic hydroxyl groups is 1. The summed E-state index contributed by atoms with van der Waals surface area (Å²) in [5, 5.41) is 10.2. The van der Waals surface area contributed by atoms with Crippen molar-refractivity contribution >= 4 is 44.9 Å². The molecule has 6 aromatic rings. The molecule has 0 spiro atoms. The second-order valence-electron chi connectivity index (χ2n) is 16.7.